The third kappa shape index (κ3) is 7.59. The highest BCUT2D eigenvalue weighted by Crippen LogP contribution is 2.50. The van der Waals surface area contributed by atoms with E-state index in [1.165, 1.54) is 0 Å². The van der Waals surface area contributed by atoms with Crippen LogP contribution >= 0.6 is 0 Å². The fourth-order valence-electron chi connectivity index (χ4n) is 5.96. The number of aryl methyl sites for hydroxylation is 1. The molecule has 3 aromatic rings. The highest BCUT2D eigenvalue weighted by Gasteiger charge is 2.33. The number of rotatable bonds is 13. The Bertz CT molecular complexity index is 1560. The highest BCUT2D eigenvalue weighted by atomic mass is 16.7. The van der Waals surface area contributed by atoms with Crippen LogP contribution in [0.1, 0.15) is 58.8 Å². The fraction of sp³-hybridized carbons (Fsp3) is 0.417. The molecule has 2 aliphatic rings. The second-order valence-corrected chi connectivity index (χ2v) is 11.5. The number of hydrogen-bond donors (Lipinski definition) is 2. The average Bonchev–Trinajstić information content (AvgIpc) is 3.10. The minimum absolute atomic E-state index is 0.0505. The van der Waals surface area contributed by atoms with E-state index in [9.17, 15) is 9.90 Å². The number of aliphatic hydroxyl groups excluding tert-OH is 1. The van der Waals surface area contributed by atoms with E-state index in [4.69, 9.17) is 33.3 Å². The van der Waals surface area contributed by atoms with Crippen LogP contribution in [0.15, 0.2) is 54.1 Å². The normalized spacial score (nSPS) is 16.6. The monoisotopic (exact) mass is 648 g/mol. The van der Waals surface area contributed by atoms with Crippen LogP contribution in [-0.2, 0) is 4.84 Å². The number of hydrogen-bond acceptors (Lipinski definition) is 10. The van der Waals surface area contributed by atoms with Crippen LogP contribution in [0.4, 0.5) is 0 Å². The van der Waals surface area contributed by atoms with Crippen molar-refractivity contribution >= 4 is 11.7 Å². The van der Waals surface area contributed by atoms with Gasteiger partial charge in [-0.25, -0.2) is 0 Å². The van der Waals surface area contributed by atoms with E-state index >= 15 is 0 Å². The Morgan fingerprint density at radius 3 is 2.15 bits per heavy atom. The Balaban J connectivity index is 1.28. The number of benzene rings is 3. The van der Waals surface area contributed by atoms with Crippen LogP contribution in [0.3, 0.4) is 0 Å². The lowest BCUT2D eigenvalue weighted by Gasteiger charge is -2.32. The highest BCUT2D eigenvalue weighted by molar-refractivity contribution is 5.94. The van der Waals surface area contributed by atoms with E-state index in [2.05, 4.69) is 5.32 Å². The summed E-state index contributed by atoms with van der Waals surface area (Å²) in [5.41, 5.74) is 3.63. The SMILES string of the molecule is COc1cc(OC)c2c(c1)OC(c1cc(OC)c(OC)c(OC)c1)=C(CCCON1CCC(NC(=O)c3ccc(C)cc3)CC1)C2O. The zero-order valence-electron chi connectivity index (χ0n) is 27.9. The summed E-state index contributed by atoms with van der Waals surface area (Å²) in [6.07, 6.45) is 1.66. The van der Waals surface area contributed by atoms with Gasteiger partial charge in [-0.05, 0) is 56.9 Å². The quantitative estimate of drug-likeness (QED) is 0.231. The van der Waals surface area contributed by atoms with Crippen LogP contribution in [0.2, 0.25) is 0 Å². The van der Waals surface area contributed by atoms with Crippen molar-refractivity contribution in [1.82, 2.24) is 10.4 Å². The molecule has 1 atom stereocenters. The second kappa shape index (κ2) is 15.4. The topological polar surface area (TPSA) is 117 Å². The molecule has 0 saturated carbocycles. The Morgan fingerprint density at radius 2 is 1.55 bits per heavy atom. The van der Waals surface area contributed by atoms with Gasteiger partial charge in [-0.1, -0.05) is 17.7 Å². The first-order valence-corrected chi connectivity index (χ1v) is 15.7. The number of methoxy groups -OCH3 is 5. The largest absolute Gasteiger partial charge is 0.496 e. The van der Waals surface area contributed by atoms with E-state index in [1.807, 2.05) is 36.3 Å². The summed E-state index contributed by atoms with van der Waals surface area (Å²) < 4.78 is 34.3. The third-order valence-corrected chi connectivity index (χ3v) is 8.53. The number of carbonyl (C=O) groups is 1. The Morgan fingerprint density at radius 1 is 0.894 bits per heavy atom. The minimum atomic E-state index is -1.01. The molecule has 11 heteroatoms. The van der Waals surface area contributed by atoms with Crippen molar-refractivity contribution in [3.05, 3.63) is 76.4 Å². The lowest BCUT2D eigenvalue weighted by atomic mass is 9.90. The first-order chi connectivity index (χ1) is 22.8. The van der Waals surface area contributed by atoms with Crippen molar-refractivity contribution in [3.8, 4) is 34.5 Å². The van der Waals surface area contributed by atoms with Crippen molar-refractivity contribution < 1.29 is 43.2 Å². The number of amides is 1. The van der Waals surface area contributed by atoms with Crippen LogP contribution < -0.4 is 33.7 Å². The predicted molar refractivity (Wildman–Crippen MR) is 177 cm³/mol. The Labute approximate surface area is 275 Å². The molecule has 0 aromatic heterocycles. The molecule has 0 bridgehead atoms. The van der Waals surface area contributed by atoms with Crippen molar-refractivity contribution in [1.29, 1.82) is 0 Å². The molecule has 0 radical (unpaired) electrons. The van der Waals surface area contributed by atoms with Gasteiger partial charge in [0.1, 0.15) is 29.1 Å². The van der Waals surface area contributed by atoms with E-state index in [0.717, 1.165) is 18.4 Å². The van der Waals surface area contributed by atoms with Gasteiger partial charge in [0.2, 0.25) is 5.75 Å². The number of nitrogens with zero attached hydrogens (tertiary/aromatic N) is 1. The number of nitrogens with one attached hydrogen (secondary N) is 1. The maximum absolute atomic E-state index is 12.7. The third-order valence-electron chi connectivity index (χ3n) is 8.53. The summed E-state index contributed by atoms with van der Waals surface area (Å²) in [4.78, 5) is 18.8. The van der Waals surface area contributed by atoms with Crippen LogP contribution in [0.5, 0.6) is 34.5 Å². The van der Waals surface area contributed by atoms with Crippen molar-refractivity contribution in [2.75, 3.05) is 55.2 Å². The molecule has 5 rings (SSSR count). The van der Waals surface area contributed by atoms with Gasteiger partial charge in [-0.2, -0.15) is 5.06 Å². The van der Waals surface area contributed by atoms with E-state index in [0.29, 0.717) is 95.1 Å². The van der Waals surface area contributed by atoms with Crippen LogP contribution in [0, 0.1) is 6.92 Å². The lowest BCUT2D eigenvalue weighted by Crippen LogP contribution is -2.44. The molecule has 0 spiro atoms. The van der Waals surface area contributed by atoms with Gasteiger partial charge in [0.05, 0.1) is 47.7 Å². The molecule has 252 valence electrons. The summed E-state index contributed by atoms with van der Waals surface area (Å²) >= 11 is 0. The van der Waals surface area contributed by atoms with Crippen molar-refractivity contribution in [3.63, 3.8) is 0 Å². The van der Waals surface area contributed by atoms with E-state index < -0.39 is 6.10 Å². The molecule has 2 aliphatic heterocycles. The minimum Gasteiger partial charge on any atom is -0.496 e. The first kappa shape index (κ1) is 33.9. The summed E-state index contributed by atoms with van der Waals surface area (Å²) in [5, 5.41) is 16.9. The molecule has 3 aromatic carbocycles. The molecule has 0 aliphatic carbocycles. The molecule has 1 unspecified atom stereocenters. The van der Waals surface area contributed by atoms with Gasteiger partial charge in [0, 0.05) is 48.0 Å². The molecule has 1 saturated heterocycles. The van der Waals surface area contributed by atoms with Gasteiger partial charge >= 0.3 is 0 Å². The molecule has 2 heterocycles. The van der Waals surface area contributed by atoms with Crippen LogP contribution in [-0.4, -0.2) is 77.4 Å². The molecule has 2 N–H and O–H groups in total. The summed E-state index contributed by atoms with van der Waals surface area (Å²) in [7, 11) is 7.76. The number of ether oxygens (including phenoxy) is 6. The van der Waals surface area contributed by atoms with Gasteiger partial charge in [-0.15, -0.1) is 0 Å². The standard InChI is InChI=1S/C36H44N2O9/c1-22-9-11-23(12-10-22)36(40)37-25-13-15-38(16-14-25)46-17-7-8-27-33(39)32-28(42-3)20-26(41-2)21-29(32)47-34(27)24-18-30(43-4)35(45-6)31(19-24)44-5/h9-12,18-21,25,33,39H,7-8,13-17H2,1-6H3,(H,37,40). The lowest BCUT2D eigenvalue weighted by molar-refractivity contribution is -0.171. The smallest absolute Gasteiger partial charge is 0.251 e. The first-order valence-electron chi connectivity index (χ1n) is 15.7. The molecule has 47 heavy (non-hydrogen) atoms. The van der Waals surface area contributed by atoms with E-state index in [-0.39, 0.29) is 11.9 Å². The molecule has 11 nitrogen and oxygen atoms in total. The maximum Gasteiger partial charge on any atom is 0.251 e. The average molecular weight is 649 g/mol. The summed E-state index contributed by atoms with van der Waals surface area (Å²) in [5.74, 6) is 3.22. The molecular weight excluding hydrogens is 604 g/mol. The van der Waals surface area contributed by atoms with Gasteiger partial charge in [0.15, 0.2) is 11.5 Å². The van der Waals surface area contributed by atoms with Gasteiger partial charge in [-0.3, -0.25) is 9.63 Å². The summed E-state index contributed by atoms with van der Waals surface area (Å²) in [6.45, 7) is 3.85. The molecule has 1 amide bonds. The predicted octanol–water partition coefficient (Wildman–Crippen LogP) is 5.48. The Kier molecular flexibility index (Phi) is 11.1. The van der Waals surface area contributed by atoms with Gasteiger partial charge in [0.25, 0.3) is 5.91 Å². The maximum atomic E-state index is 12.7. The number of hydroxylamine groups is 2. The zero-order chi connectivity index (χ0) is 33.5. The van der Waals surface area contributed by atoms with Crippen molar-refractivity contribution in [2.24, 2.45) is 0 Å². The van der Waals surface area contributed by atoms with Crippen LogP contribution in [0.25, 0.3) is 5.76 Å². The van der Waals surface area contributed by atoms with E-state index in [1.54, 1.807) is 59.8 Å². The van der Waals surface area contributed by atoms with Crippen molar-refractivity contribution in [2.45, 2.75) is 44.8 Å². The Hall–Kier alpha value is -4.45. The second-order valence-electron chi connectivity index (χ2n) is 11.5. The number of piperidine rings is 1. The molecular formula is C36H44N2O9. The van der Waals surface area contributed by atoms with Gasteiger partial charge < -0.3 is 38.8 Å². The zero-order valence-corrected chi connectivity index (χ0v) is 27.9. The number of aliphatic hydroxyl groups is 1. The number of fused-ring (bicyclic) bond motifs is 1. The summed E-state index contributed by atoms with van der Waals surface area (Å²) in [6, 6.07) is 14.7. The fourth-order valence-corrected chi connectivity index (χ4v) is 5.96. The molecule has 1 fully saturated rings. The number of carbonyl (C=O) groups excluding carboxylic acids is 1.